The van der Waals surface area contributed by atoms with Crippen LogP contribution in [0, 0.1) is 0 Å². The van der Waals surface area contributed by atoms with Crippen molar-refractivity contribution in [3.05, 3.63) is 35.9 Å². The highest BCUT2D eigenvalue weighted by Crippen LogP contribution is 2.14. The summed E-state index contributed by atoms with van der Waals surface area (Å²) in [5, 5.41) is 22.3. The van der Waals surface area contributed by atoms with Gasteiger partial charge in [0.1, 0.15) is 12.6 Å². The molecule has 1 aromatic rings. The van der Waals surface area contributed by atoms with Gasteiger partial charge in [-0.2, -0.15) is 0 Å². The summed E-state index contributed by atoms with van der Waals surface area (Å²) in [5.74, 6) is -4.20. The van der Waals surface area contributed by atoms with E-state index in [9.17, 15) is 29.1 Å². The first kappa shape index (κ1) is 23.1. The summed E-state index contributed by atoms with van der Waals surface area (Å²) in [5.41, 5.74) is 5.43. The second kappa shape index (κ2) is 11.7. The number of carboxylic acid groups (broad SMARTS) is 2. The highest BCUT2D eigenvalue weighted by molar-refractivity contribution is 8.14. The Morgan fingerprint density at radius 3 is 2.21 bits per heavy atom. The molecule has 0 heterocycles. The van der Waals surface area contributed by atoms with E-state index in [1.165, 1.54) is 0 Å². The van der Waals surface area contributed by atoms with E-state index < -0.39 is 42.4 Å². The molecule has 0 saturated heterocycles. The Balaban J connectivity index is 2.83. The second-order valence-electron chi connectivity index (χ2n) is 5.69. The molecule has 6 N–H and O–H groups in total. The van der Waals surface area contributed by atoms with Crippen LogP contribution in [0.25, 0.3) is 0 Å². The average Bonchev–Trinajstić information content (AvgIpc) is 2.65. The molecule has 0 aliphatic rings. The first-order chi connectivity index (χ1) is 13.2. The Hall–Kier alpha value is -2.92. The van der Waals surface area contributed by atoms with Crippen LogP contribution in [0.2, 0.25) is 0 Å². The minimum absolute atomic E-state index is 0.139. The van der Waals surface area contributed by atoms with E-state index in [4.69, 9.17) is 10.8 Å². The molecule has 0 radical (unpaired) electrons. The van der Waals surface area contributed by atoms with Crippen molar-refractivity contribution >= 4 is 40.6 Å². The lowest BCUT2D eigenvalue weighted by atomic mass is 10.1. The predicted molar refractivity (Wildman–Crippen MR) is 101 cm³/mol. The Kier molecular flexibility index (Phi) is 9.68. The fourth-order valence-corrected chi connectivity index (χ4v) is 2.98. The zero-order chi connectivity index (χ0) is 21.1. The van der Waals surface area contributed by atoms with Gasteiger partial charge in [0.15, 0.2) is 0 Å². The molecule has 10 nitrogen and oxygen atoms in total. The van der Waals surface area contributed by atoms with Crippen molar-refractivity contribution in [2.75, 3.05) is 12.3 Å². The maximum absolute atomic E-state index is 12.2. The molecule has 0 bridgehead atoms. The number of aliphatic carboxylic acids is 2. The number of hydrogen-bond donors (Lipinski definition) is 5. The topological polar surface area (TPSA) is 176 Å². The van der Waals surface area contributed by atoms with E-state index in [2.05, 4.69) is 10.6 Å². The highest BCUT2D eigenvalue weighted by Gasteiger charge is 2.27. The number of benzene rings is 1. The standard InChI is InChI=1S/C17H21N3O7S/c18-13(21)7-6-11(16(25)26)20-12(15(24)19-8-14(22)23)9-28-17(27)10-4-2-1-3-5-10/h1-5,11-12,20H,6-9H2,(H2,18,21)(H,19,24)(H,22,23)(H,25,26)/t11-,12-/m0/s1. The van der Waals surface area contributed by atoms with Gasteiger partial charge in [-0.25, -0.2) is 0 Å². The smallest absolute Gasteiger partial charge is 0.322 e. The number of nitrogens with one attached hydrogen (secondary N) is 2. The Labute approximate surface area is 164 Å². The summed E-state index contributed by atoms with van der Waals surface area (Å²) in [6.07, 6.45) is -0.381. The molecular weight excluding hydrogens is 390 g/mol. The van der Waals surface area contributed by atoms with E-state index in [1.54, 1.807) is 30.3 Å². The molecule has 11 heteroatoms. The number of carbonyl (C=O) groups is 5. The van der Waals surface area contributed by atoms with E-state index >= 15 is 0 Å². The summed E-state index contributed by atoms with van der Waals surface area (Å²) in [7, 11) is 0. The van der Waals surface area contributed by atoms with Crippen LogP contribution >= 0.6 is 11.8 Å². The van der Waals surface area contributed by atoms with Gasteiger partial charge in [-0.3, -0.25) is 29.3 Å². The number of hydrogen-bond acceptors (Lipinski definition) is 7. The molecule has 0 fully saturated rings. The molecule has 2 atom stereocenters. The van der Waals surface area contributed by atoms with E-state index in [0.29, 0.717) is 5.56 Å². The van der Waals surface area contributed by atoms with Gasteiger partial charge in [-0.05, 0) is 6.42 Å². The Bertz CT molecular complexity index is 727. The third-order valence-electron chi connectivity index (χ3n) is 3.50. The second-order valence-corrected chi connectivity index (χ2v) is 6.68. The number of carbonyl (C=O) groups excluding carboxylic acids is 3. The number of thioether (sulfide) groups is 1. The number of amides is 2. The van der Waals surface area contributed by atoms with Gasteiger partial charge in [-0.15, -0.1) is 0 Å². The maximum atomic E-state index is 12.2. The van der Waals surface area contributed by atoms with Crippen molar-refractivity contribution in [1.82, 2.24) is 10.6 Å². The first-order valence-corrected chi connectivity index (χ1v) is 9.18. The predicted octanol–water partition coefficient (Wildman–Crippen LogP) is -0.562. The SMILES string of the molecule is NC(=O)CC[C@H](N[C@@H](CSC(=O)c1ccccc1)C(=O)NCC(=O)O)C(=O)O. The lowest BCUT2D eigenvalue weighted by molar-refractivity contribution is -0.141. The van der Waals surface area contributed by atoms with Gasteiger partial charge in [0.25, 0.3) is 0 Å². The van der Waals surface area contributed by atoms with Crippen molar-refractivity contribution in [3.8, 4) is 0 Å². The molecule has 152 valence electrons. The lowest BCUT2D eigenvalue weighted by Crippen LogP contribution is -2.53. The largest absolute Gasteiger partial charge is 0.480 e. The molecular formula is C17H21N3O7S. The fourth-order valence-electron chi connectivity index (χ4n) is 2.11. The fraction of sp³-hybridized carbons (Fsp3) is 0.353. The zero-order valence-corrected chi connectivity index (χ0v) is 15.6. The molecule has 0 aromatic heterocycles. The monoisotopic (exact) mass is 411 g/mol. The molecule has 0 spiro atoms. The summed E-state index contributed by atoms with van der Waals surface area (Å²) < 4.78 is 0. The van der Waals surface area contributed by atoms with Crippen molar-refractivity contribution in [2.24, 2.45) is 5.73 Å². The van der Waals surface area contributed by atoms with Gasteiger partial charge >= 0.3 is 11.9 Å². The van der Waals surface area contributed by atoms with E-state index in [0.717, 1.165) is 11.8 Å². The van der Waals surface area contributed by atoms with E-state index in [1.807, 2.05) is 0 Å². The van der Waals surface area contributed by atoms with Gasteiger partial charge in [0.2, 0.25) is 16.9 Å². The van der Waals surface area contributed by atoms with Gasteiger partial charge < -0.3 is 21.3 Å². The lowest BCUT2D eigenvalue weighted by Gasteiger charge is -2.22. The molecule has 1 aromatic carbocycles. The normalized spacial score (nSPS) is 12.6. The third-order valence-corrected chi connectivity index (χ3v) is 4.50. The van der Waals surface area contributed by atoms with Crippen LogP contribution in [0.3, 0.4) is 0 Å². The molecule has 1 rings (SSSR count). The number of carboxylic acids is 2. The quantitative estimate of drug-likeness (QED) is 0.302. The molecule has 0 aliphatic heterocycles. The van der Waals surface area contributed by atoms with Crippen LogP contribution in [0.5, 0.6) is 0 Å². The van der Waals surface area contributed by atoms with Gasteiger partial charge in [0, 0.05) is 17.7 Å². The molecule has 0 saturated carbocycles. The third kappa shape index (κ3) is 8.64. The highest BCUT2D eigenvalue weighted by atomic mass is 32.2. The number of rotatable bonds is 12. The Morgan fingerprint density at radius 1 is 1.04 bits per heavy atom. The first-order valence-electron chi connectivity index (χ1n) is 8.19. The van der Waals surface area contributed by atoms with Crippen LogP contribution < -0.4 is 16.4 Å². The van der Waals surface area contributed by atoms with Crippen LogP contribution in [0.15, 0.2) is 30.3 Å². The van der Waals surface area contributed by atoms with Crippen molar-refractivity contribution in [2.45, 2.75) is 24.9 Å². The summed E-state index contributed by atoms with van der Waals surface area (Å²) in [6.45, 7) is -0.659. The zero-order valence-electron chi connectivity index (χ0n) is 14.8. The summed E-state index contributed by atoms with van der Waals surface area (Å²) in [6, 6.07) is 5.82. The van der Waals surface area contributed by atoms with Crippen LogP contribution in [-0.4, -0.2) is 63.5 Å². The minimum atomic E-state index is -1.31. The molecule has 2 amide bonds. The Morgan fingerprint density at radius 2 is 1.68 bits per heavy atom. The van der Waals surface area contributed by atoms with Gasteiger partial charge in [-0.1, -0.05) is 42.1 Å². The van der Waals surface area contributed by atoms with E-state index in [-0.39, 0.29) is 23.7 Å². The average molecular weight is 411 g/mol. The van der Waals surface area contributed by atoms with Crippen molar-refractivity contribution < 1.29 is 34.2 Å². The summed E-state index contributed by atoms with van der Waals surface area (Å²) in [4.78, 5) is 57.4. The minimum Gasteiger partial charge on any atom is -0.480 e. The van der Waals surface area contributed by atoms with Crippen molar-refractivity contribution in [1.29, 1.82) is 0 Å². The number of primary amides is 1. The van der Waals surface area contributed by atoms with Crippen molar-refractivity contribution in [3.63, 3.8) is 0 Å². The molecule has 28 heavy (non-hydrogen) atoms. The maximum Gasteiger partial charge on any atom is 0.322 e. The van der Waals surface area contributed by atoms with Gasteiger partial charge in [0.05, 0.1) is 6.04 Å². The molecule has 0 aliphatic carbocycles. The van der Waals surface area contributed by atoms with Crippen LogP contribution in [0.1, 0.15) is 23.2 Å². The van der Waals surface area contributed by atoms with Crippen LogP contribution in [-0.2, 0) is 19.2 Å². The molecule has 0 unspecified atom stereocenters. The summed E-state index contributed by atoms with van der Waals surface area (Å²) >= 11 is 0.784. The number of nitrogens with two attached hydrogens (primary N) is 1. The van der Waals surface area contributed by atoms with Crippen LogP contribution in [0.4, 0.5) is 0 Å².